The van der Waals surface area contributed by atoms with Crippen LogP contribution in [0.15, 0.2) is 0 Å². The number of likely N-dealkylation sites (tertiary alicyclic amines) is 1. The predicted molar refractivity (Wildman–Crippen MR) is 64.8 cm³/mol. The zero-order valence-corrected chi connectivity index (χ0v) is 10.8. The molecule has 0 bridgehead atoms. The monoisotopic (exact) mass is 242 g/mol. The summed E-state index contributed by atoms with van der Waals surface area (Å²) in [5.41, 5.74) is 0. The lowest BCUT2D eigenvalue weighted by atomic mass is 9.94. The highest BCUT2D eigenvalue weighted by molar-refractivity contribution is 5.82. The number of carbonyl (C=O) groups is 2. The van der Waals surface area contributed by atoms with Crippen LogP contribution in [0.1, 0.15) is 40.0 Å². The molecule has 3 atom stereocenters. The molecular formula is C12H22N2O3. The number of nitrogens with one attached hydrogen (secondary N) is 1. The lowest BCUT2D eigenvalue weighted by Gasteiger charge is -2.37. The van der Waals surface area contributed by atoms with Gasteiger partial charge in [-0.15, -0.1) is 0 Å². The minimum Gasteiger partial charge on any atom is -0.480 e. The smallest absolute Gasteiger partial charge is 0.326 e. The summed E-state index contributed by atoms with van der Waals surface area (Å²) in [6, 6.07) is -0.849. The fourth-order valence-corrected chi connectivity index (χ4v) is 2.28. The fraction of sp³-hybridized carbons (Fsp3) is 0.833. The average molecular weight is 242 g/mol. The van der Waals surface area contributed by atoms with Gasteiger partial charge in [-0.2, -0.15) is 0 Å². The van der Waals surface area contributed by atoms with Gasteiger partial charge in [0.15, 0.2) is 0 Å². The van der Waals surface area contributed by atoms with Crippen molar-refractivity contribution < 1.29 is 14.7 Å². The van der Waals surface area contributed by atoms with E-state index in [-0.39, 0.29) is 12.1 Å². The maximum atomic E-state index is 11.9. The highest BCUT2D eigenvalue weighted by atomic mass is 16.4. The summed E-state index contributed by atoms with van der Waals surface area (Å²) in [6.45, 7) is 6.65. The first-order valence-electron chi connectivity index (χ1n) is 6.25. The Morgan fingerprint density at radius 3 is 2.59 bits per heavy atom. The van der Waals surface area contributed by atoms with E-state index in [4.69, 9.17) is 5.11 Å². The molecule has 5 heteroatoms. The third-order valence-corrected chi connectivity index (χ3v) is 3.40. The Balaban J connectivity index is 2.55. The normalized spacial score (nSPS) is 26.4. The summed E-state index contributed by atoms with van der Waals surface area (Å²) in [5, 5.41) is 11.5. The lowest BCUT2D eigenvalue weighted by Crippen LogP contribution is -2.52. The molecule has 2 N–H and O–H groups in total. The molecule has 0 aromatic heterocycles. The molecule has 0 aliphatic carbocycles. The molecule has 5 nitrogen and oxygen atoms in total. The molecule has 98 valence electrons. The van der Waals surface area contributed by atoms with Crippen molar-refractivity contribution in [3.05, 3.63) is 0 Å². The summed E-state index contributed by atoms with van der Waals surface area (Å²) in [4.78, 5) is 24.5. The van der Waals surface area contributed by atoms with Crippen molar-refractivity contribution in [2.24, 2.45) is 5.92 Å². The maximum Gasteiger partial charge on any atom is 0.326 e. The second-order valence-corrected chi connectivity index (χ2v) is 4.92. The van der Waals surface area contributed by atoms with Crippen LogP contribution >= 0.6 is 0 Å². The molecule has 17 heavy (non-hydrogen) atoms. The SMILES string of the molecule is CC[C@H](NC(=O)N1CCC(C)CC1C)C(=O)O. The second kappa shape index (κ2) is 5.89. The Morgan fingerprint density at radius 2 is 2.12 bits per heavy atom. The third-order valence-electron chi connectivity index (χ3n) is 3.40. The summed E-state index contributed by atoms with van der Waals surface area (Å²) in [7, 11) is 0. The van der Waals surface area contributed by atoms with Crippen molar-refractivity contribution in [3.63, 3.8) is 0 Å². The molecule has 1 aliphatic rings. The molecule has 0 aromatic carbocycles. The number of carboxylic acids is 1. The van der Waals surface area contributed by atoms with Gasteiger partial charge in [-0.25, -0.2) is 9.59 Å². The van der Waals surface area contributed by atoms with E-state index in [2.05, 4.69) is 12.2 Å². The van der Waals surface area contributed by atoms with E-state index in [0.717, 1.165) is 12.8 Å². The Hall–Kier alpha value is -1.26. The van der Waals surface area contributed by atoms with E-state index in [1.165, 1.54) is 0 Å². The van der Waals surface area contributed by atoms with Gasteiger partial charge in [0.2, 0.25) is 0 Å². The molecule has 0 aromatic rings. The molecule has 0 spiro atoms. The van der Waals surface area contributed by atoms with Crippen molar-refractivity contribution in [1.82, 2.24) is 10.2 Å². The fourth-order valence-electron chi connectivity index (χ4n) is 2.28. The number of nitrogens with zero attached hydrogens (tertiary/aromatic N) is 1. The largest absolute Gasteiger partial charge is 0.480 e. The molecule has 1 heterocycles. The quantitative estimate of drug-likeness (QED) is 0.791. The van der Waals surface area contributed by atoms with Gasteiger partial charge in [-0.3, -0.25) is 0 Å². The number of hydrogen-bond acceptors (Lipinski definition) is 2. The zero-order chi connectivity index (χ0) is 13.0. The average Bonchev–Trinajstić information content (AvgIpc) is 2.24. The van der Waals surface area contributed by atoms with Crippen LogP contribution in [0.3, 0.4) is 0 Å². The van der Waals surface area contributed by atoms with E-state index in [1.54, 1.807) is 11.8 Å². The van der Waals surface area contributed by atoms with Crippen molar-refractivity contribution >= 4 is 12.0 Å². The number of piperidine rings is 1. The Labute approximate surface area is 102 Å². The zero-order valence-electron chi connectivity index (χ0n) is 10.8. The molecule has 2 unspecified atom stereocenters. The summed E-state index contributed by atoms with van der Waals surface area (Å²) in [5.74, 6) is -0.339. The van der Waals surface area contributed by atoms with Crippen molar-refractivity contribution in [2.75, 3.05) is 6.54 Å². The molecule has 1 fully saturated rings. The predicted octanol–water partition coefficient (Wildman–Crippen LogP) is 1.68. The maximum absolute atomic E-state index is 11.9. The summed E-state index contributed by atoms with van der Waals surface area (Å²) in [6.07, 6.45) is 2.37. The second-order valence-electron chi connectivity index (χ2n) is 4.92. The van der Waals surface area contributed by atoms with E-state index >= 15 is 0 Å². The van der Waals surface area contributed by atoms with Crippen molar-refractivity contribution in [2.45, 2.75) is 52.1 Å². The van der Waals surface area contributed by atoms with Crippen LogP contribution in [0, 0.1) is 5.92 Å². The van der Waals surface area contributed by atoms with Crippen LogP contribution in [0.25, 0.3) is 0 Å². The minimum atomic E-state index is -0.973. The van der Waals surface area contributed by atoms with E-state index in [9.17, 15) is 9.59 Å². The number of rotatable bonds is 3. The molecular weight excluding hydrogens is 220 g/mol. The van der Waals surface area contributed by atoms with Crippen molar-refractivity contribution in [1.29, 1.82) is 0 Å². The van der Waals surface area contributed by atoms with Gasteiger partial charge in [0.1, 0.15) is 6.04 Å². The van der Waals surface area contributed by atoms with Crippen LogP contribution in [0.2, 0.25) is 0 Å². The molecule has 1 saturated heterocycles. The van der Waals surface area contributed by atoms with Crippen LogP contribution in [-0.4, -0.2) is 40.6 Å². The Kier molecular flexibility index (Phi) is 4.78. The summed E-state index contributed by atoms with van der Waals surface area (Å²) >= 11 is 0. The van der Waals surface area contributed by atoms with Crippen LogP contribution < -0.4 is 5.32 Å². The van der Waals surface area contributed by atoms with Crippen LogP contribution in [0.4, 0.5) is 4.79 Å². The van der Waals surface area contributed by atoms with Gasteiger partial charge >= 0.3 is 12.0 Å². The van der Waals surface area contributed by atoms with E-state index in [1.807, 2.05) is 6.92 Å². The Bertz CT molecular complexity index is 293. The third kappa shape index (κ3) is 3.61. The van der Waals surface area contributed by atoms with Gasteiger partial charge in [-0.1, -0.05) is 13.8 Å². The first kappa shape index (κ1) is 13.8. The number of carboxylic acid groups (broad SMARTS) is 1. The van der Waals surface area contributed by atoms with Crippen LogP contribution in [0.5, 0.6) is 0 Å². The molecule has 0 radical (unpaired) electrons. The molecule has 1 aliphatic heterocycles. The van der Waals surface area contributed by atoms with Gasteiger partial charge < -0.3 is 15.3 Å². The van der Waals surface area contributed by atoms with Gasteiger partial charge in [0, 0.05) is 12.6 Å². The number of carbonyl (C=O) groups excluding carboxylic acids is 1. The van der Waals surface area contributed by atoms with Gasteiger partial charge in [0.05, 0.1) is 0 Å². The standard InChI is InChI=1S/C12H22N2O3/c1-4-10(11(15)16)13-12(17)14-6-5-8(2)7-9(14)3/h8-10H,4-7H2,1-3H3,(H,13,17)(H,15,16)/t8?,9?,10-/m0/s1. The number of urea groups is 1. The van der Waals surface area contributed by atoms with Crippen LogP contribution in [-0.2, 0) is 4.79 Å². The number of aliphatic carboxylic acids is 1. The van der Waals surface area contributed by atoms with E-state index < -0.39 is 12.0 Å². The topological polar surface area (TPSA) is 69.6 Å². The molecule has 2 amide bonds. The summed E-state index contributed by atoms with van der Waals surface area (Å²) < 4.78 is 0. The highest BCUT2D eigenvalue weighted by Gasteiger charge is 2.28. The minimum absolute atomic E-state index is 0.185. The number of hydrogen-bond donors (Lipinski definition) is 2. The molecule has 1 rings (SSSR count). The highest BCUT2D eigenvalue weighted by Crippen LogP contribution is 2.22. The first-order chi connectivity index (χ1) is 7.95. The van der Waals surface area contributed by atoms with Gasteiger partial charge in [-0.05, 0) is 32.1 Å². The number of amides is 2. The van der Waals surface area contributed by atoms with Crippen molar-refractivity contribution in [3.8, 4) is 0 Å². The lowest BCUT2D eigenvalue weighted by molar-refractivity contribution is -0.139. The Morgan fingerprint density at radius 1 is 1.47 bits per heavy atom. The molecule has 0 saturated carbocycles. The first-order valence-corrected chi connectivity index (χ1v) is 6.25. The van der Waals surface area contributed by atoms with E-state index in [0.29, 0.717) is 18.9 Å². The van der Waals surface area contributed by atoms with Gasteiger partial charge in [0.25, 0.3) is 0 Å².